The highest BCUT2D eigenvalue weighted by molar-refractivity contribution is 6.31. The Bertz CT molecular complexity index is 1720. The number of methoxy groups -OCH3 is 1. The Morgan fingerprint density at radius 3 is 2.83 bits per heavy atom. The van der Waals surface area contributed by atoms with E-state index in [-0.39, 0.29) is 5.92 Å². The van der Waals surface area contributed by atoms with E-state index < -0.39 is 11.9 Å². The largest absolute Gasteiger partial charge is 0.453 e. The van der Waals surface area contributed by atoms with Crippen LogP contribution in [-0.2, 0) is 11.2 Å². The molecule has 3 heterocycles. The average molecular weight is 576 g/mol. The van der Waals surface area contributed by atoms with E-state index in [0.717, 1.165) is 47.3 Å². The van der Waals surface area contributed by atoms with Gasteiger partial charge >= 0.3 is 6.09 Å². The van der Waals surface area contributed by atoms with Crippen molar-refractivity contribution in [1.29, 1.82) is 0 Å². The lowest BCUT2D eigenvalue weighted by molar-refractivity contribution is -0.891. The number of aromatic amines is 1. The van der Waals surface area contributed by atoms with Gasteiger partial charge in [-0.05, 0) is 72.2 Å². The molecule has 1 aliphatic rings. The van der Waals surface area contributed by atoms with E-state index in [4.69, 9.17) is 16.4 Å². The number of aromatic nitrogens is 7. The summed E-state index contributed by atoms with van der Waals surface area (Å²) < 4.78 is 22.9. The van der Waals surface area contributed by atoms with E-state index in [2.05, 4.69) is 41.6 Å². The van der Waals surface area contributed by atoms with Gasteiger partial charge in [-0.3, -0.25) is 10.2 Å². The molecular weight excluding hydrogens is 551 g/mol. The molecule has 0 radical (unpaired) electrons. The van der Waals surface area contributed by atoms with Crippen LogP contribution in [0.25, 0.3) is 28.1 Å². The van der Waals surface area contributed by atoms with Crippen molar-refractivity contribution in [2.75, 3.05) is 19.5 Å². The summed E-state index contributed by atoms with van der Waals surface area (Å²) in [5.74, 6) is 0.0885. The van der Waals surface area contributed by atoms with Gasteiger partial charge < -0.3 is 9.72 Å². The molecule has 0 bridgehead atoms. The van der Waals surface area contributed by atoms with Crippen LogP contribution in [0.5, 0.6) is 0 Å². The van der Waals surface area contributed by atoms with Gasteiger partial charge in [0.25, 0.3) is 0 Å². The van der Waals surface area contributed by atoms with Gasteiger partial charge in [-0.2, -0.15) is 4.68 Å². The molecule has 0 aliphatic heterocycles. The van der Waals surface area contributed by atoms with E-state index in [1.54, 1.807) is 40.9 Å². The molecule has 0 fully saturated rings. The first-order chi connectivity index (χ1) is 19.9. The van der Waals surface area contributed by atoms with Crippen LogP contribution < -0.4 is 14.9 Å². The third-order valence-electron chi connectivity index (χ3n) is 7.10. The number of pyridine rings is 1. The van der Waals surface area contributed by atoms with Crippen molar-refractivity contribution >= 4 is 23.4 Å². The third-order valence-corrected chi connectivity index (χ3v) is 7.34. The molecule has 208 valence electrons. The highest BCUT2D eigenvalue weighted by Gasteiger charge is 2.35. The Labute approximate surface area is 238 Å². The number of nitrogens with zero attached hydrogens (tertiary/aromatic N) is 6. The van der Waals surface area contributed by atoms with Crippen molar-refractivity contribution in [3.8, 4) is 28.1 Å². The van der Waals surface area contributed by atoms with Crippen LogP contribution in [-0.4, -0.2) is 50.5 Å². The number of rotatable bonds is 6. The first kappa shape index (κ1) is 26.4. The summed E-state index contributed by atoms with van der Waals surface area (Å²) in [6.45, 7) is 0. The Balaban J connectivity index is 1.36. The van der Waals surface area contributed by atoms with Gasteiger partial charge in [0.1, 0.15) is 31.0 Å². The average Bonchev–Trinajstić information content (AvgIpc) is 3.69. The predicted molar refractivity (Wildman–Crippen MR) is 147 cm³/mol. The molecule has 0 saturated heterocycles. The van der Waals surface area contributed by atoms with Gasteiger partial charge in [0.2, 0.25) is 11.9 Å². The molecule has 11 nitrogen and oxygen atoms in total. The first-order valence-corrected chi connectivity index (χ1v) is 13.2. The second kappa shape index (κ2) is 11.0. The molecule has 1 amide bonds. The van der Waals surface area contributed by atoms with E-state index >= 15 is 0 Å². The van der Waals surface area contributed by atoms with Crippen LogP contribution in [0.2, 0.25) is 5.02 Å². The molecule has 13 heteroatoms. The van der Waals surface area contributed by atoms with E-state index in [1.807, 2.05) is 18.3 Å². The highest BCUT2D eigenvalue weighted by Crippen LogP contribution is 2.37. The Morgan fingerprint density at radius 2 is 2.07 bits per heavy atom. The lowest BCUT2D eigenvalue weighted by atomic mass is 9.85. The number of fused-ring (bicyclic) bond motifs is 1. The molecule has 5 aromatic rings. The SMILES string of the molecule is COC(=O)Nc1ccc(-c2cnc(C3CCCc4cc(-c5cc(Cl)ccc5-n5cnnn5)c[n+](OC)c43)[nH]2)c(F)c1. The smallest absolute Gasteiger partial charge is 0.411 e. The number of aryl methyl sites for hydroxylation is 1. The quantitative estimate of drug-likeness (QED) is 0.286. The zero-order valence-corrected chi connectivity index (χ0v) is 22.9. The Hall–Kier alpha value is -4.84. The van der Waals surface area contributed by atoms with E-state index in [0.29, 0.717) is 27.8 Å². The van der Waals surface area contributed by atoms with Crippen LogP contribution in [0.3, 0.4) is 0 Å². The summed E-state index contributed by atoms with van der Waals surface area (Å²) in [5.41, 5.74) is 5.74. The van der Waals surface area contributed by atoms with Gasteiger partial charge in [0.15, 0.2) is 0 Å². The zero-order valence-electron chi connectivity index (χ0n) is 22.1. The predicted octanol–water partition coefficient (Wildman–Crippen LogP) is 4.50. The minimum Gasteiger partial charge on any atom is -0.453 e. The molecule has 0 spiro atoms. The topological polar surface area (TPSA) is 124 Å². The van der Waals surface area contributed by atoms with Crippen molar-refractivity contribution in [3.63, 3.8) is 0 Å². The summed E-state index contributed by atoms with van der Waals surface area (Å²) >= 11 is 6.39. The number of amides is 1. The Morgan fingerprint density at radius 1 is 1.20 bits per heavy atom. The van der Waals surface area contributed by atoms with E-state index in [9.17, 15) is 9.18 Å². The normalized spacial score (nSPS) is 14.4. The number of ether oxygens (including phenoxy) is 1. The van der Waals surface area contributed by atoms with Crippen LogP contribution in [0, 0.1) is 5.82 Å². The van der Waals surface area contributed by atoms with Gasteiger partial charge in [-0.1, -0.05) is 11.6 Å². The summed E-state index contributed by atoms with van der Waals surface area (Å²) in [6, 6.07) is 12.1. The van der Waals surface area contributed by atoms with Crippen LogP contribution in [0.4, 0.5) is 14.9 Å². The number of nitrogens with one attached hydrogen (secondary N) is 2. The van der Waals surface area contributed by atoms with Crippen molar-refractivity contribution < 1.29 is 23.5 Å². The number of H-pyrrole nitrogens is 1. The maximum absolute atomic E-state index is 15.0. The highest BCUT2D eigenvalue weighted by atomic mass is 35.5. The molecule has 2 N–H and O–H groups in total. The Kier molecular flexibility index (Phi) is 7.06. The van der Waals surface area contributed by atoms with Gasteiger partial charge in [-0.25, -0.2) is 14.2 Å². The molecule has 3 aromatic heterocycles. The van der Waals surface area contributed by atoms with Gasteiger partial charge in [0.05, 0.1) is 30.3 Å². The van der Waals surface area contributed by atoms with Crippen molar-refractivity contribution in [2.24, 2.45) is 0 Å². The summed E-state index contributed by atoms with van der Waals surface area (Å²) in [4.78, 5) is 25.3. The fraction of sp³-hybridized carbons (Fsp3) is 0.214. The summed E-state index contributed by atoms with van der Waals surface area (Å²) in [6.07, 6.45) is 7.00. The second-order valence-electron chi connectivity index (χ2n) is 9.50. The number of benzene rings is 2. The molecule has 2 aromatic carbocycles. The van der Waals surface area contributed by atoms with Crippen LogP contribution in [0.15, 0.2) is 61.2 Å². The number of hydrogen-bond acceptors (Lipinski definition) is 7. The molecular formula is C28H25ClFN8O3+. The van der Waals surface area contributed by atoms with Crippen molar-refractivity contribution in [3.05, 3.63) is 89.1 Å². The molecule has 6 rings (SSSR count). The van der Waals surface area contributed by atoms with Crippen molar-refractivity contribution in [2.45, 2.75) is 25.2 Å². The van der Waals surface area contributed by atoms with Crippen molar-refractivity contribution in [1.82, 2.24) is 30.2 Å². The lowest BCUT2D eigenvalue weighted by Crippen LogP contribution is -2.47. The van der Waals surface area contributed by atoms with E-state index in [1.165, 1.54) is 19.5 Å². The number of carbonyl (C=O) groups excluding carboxylic acids is 1. The molecule has 1 atom stereocenters. The maximum atomic E-state index is 15.0. The molecule has 41 heavy (non-hydrogen) atoms. The van der Waals surface area contributed by atoms with Gasteiger partial charge in [-0.15, -0.1) is 5.10 Å². The van der Waals surface area contributed by atoms with Crippen LogP contribution >= 0.6 is 11.6 Å². The number of imidazole rings is 1. The summed E-state index contributed by atoms with van der Waals surface area (Å²) in [5, 5.41) is 14.6. The zero-order chi connectivity index (χ0) is 28.5. The summed E-state index contributed by atoms with van der Waals surface area (Å²) in [7, 11) is 2.86. The fourth-order valence-electron chi connectivity index (χ4n) is 5.25. The number of anilines is 1. The minimum absolute atomic E-state index is 0.108. The molecule has 1 unspecified atom stereocenters. The minimum atomic E-state index is -0.673. The third kappa shape index (κ3) is 5.09. The number of carbonyl (C=O) groups is 1. The first-order valence-electron chi connectivity index (χ1n) is 12.8. The fourth-order valence-corrected chi connectivity index (χ4v) is 5.43. The van der Waals surface area contributed by atoms with Gasteiger partial charge in [0, 0.05) is 32.1 Å². The number of tetrazole rings is 1. The van der Waals surface area contributed by atoms with Crippen LogP contribution in [0.1, 0.15) is 35.8 Å². The molecule has 1 aliphatic carbocycles. The maximum Gasteiger partial charge on any atom is 0.411 e. The molecule has 0 saturated carbocycles. The standard InChI is InChI=1S/C28H24ClFN8O3/c1-40-28(39)33-19-7-8-20(23(30)12-19)24-13-31-27(34-24)21-5-3-4-16-10-17(14-38(41-2)26(16)21)22-11-18(29)6-9-25(22)37-15-32-35-36-37/h6-15,21H,3-5H2,1-2H3,(H-,31,33,34,35,36,39)/p+1. The second-order valence-corrected chi connectivity index (χ2v) is 9.94. The number of halogens is 2. The monoisotopic (exact) mass is 575 g/mol. The number of hydrogen-bond donors (Lipinski definition) is 2. The lowest BCUT2D eigenvalue weighted by Gasteiger charge is -2.21.